The third-order valence-electron chi connectivity index (χ3n) is 4.34. The summed E-state index contributed by atoms with van der Waals surface area (Å²) in [5.41, 5.74) is 1.09. The van der Waals surface area contributed by atoms with Gasteiger partial charge in [-0.3, -0.25) is 4.99 Å². The van der Waals surface area contributed by atoms with E-state index in [1.807, 2.05) is 24.3 Å². The Balaban J connectivity index is 1.47. The van der Waals surface area contributed by atoms with E-state index in [0.717, 1.165) is 62.7 Å². The highest BCUT2D eigenvalue weighted by atomic mass is 19.1. The third-order valence-corrected chi connectivity index (χ3v) is 4.34. The number of guanidine groups is 1. The van der Waals surface area contributed by atoms with Crippen molar-refractivity contribution >= 4 is 5.96 Å². The van der Waals surface area contributed by atoms with Crippen LogP contribution in [0.4, 0.5) is 4.39 Å². The van der Waals surface area contributed by atoms with Crippen LogP contribution in [0.1, 0.15) is 24.2 Å². The minimum Gasteiger partial charge on any atom is -0.469 e. The molecule has 26 heavy (non-hydrogen) atoms. The van der Waals surface area contributed by atoms with E-state index in [4.69, 9.17) is 9.15 Å². The molecule has 1 aliphatic heterocycles. The van der Waals surface area contributed by atoms with Crippen LogP contribution in [0.3, 0.4) is 0 Å². The van der Waals surface area contributed by atoms with Gasteiger partial charge >= 0.3 is 0 Å². The smallest absolute Gasteiger partial charge is 0.191 e. The SMILES string of the molecule is Fc1ccc(CCNC(=NCC2CCCO2)NCCc2ccco2)cc1. The van der Waals surface area contributed by atoms with Crippen molar-refractivity contribution in [2.75, 3.05) is 26.2 Å². The largest absolute Gasteiger partial charge is 0.469 e. The zero-order valence-corrected chi connectivity index (χ0v) is 14.9. The molecule has 140 valence electrons. The van der Waals surface area contributed by atoms with E-state index in [9.17, 15) is 4.39 Å². The summed E-state index contributed by atoms with van der Waals surface area (Å²) in [4.78, 5) is 4.65. The fourth-order valence-corrected chi connectivity index (χ4v) is 2.89. The molecule has 0 aliphatic carbocycles. The van der Waals surface area contributed by atoms with E-state index in [0.29, 0.717) is 6.54 Å². The molecule has 1 aromatic carbocycles. The van der Waals surface area contributed by atoms with Gasteiger partial charge in [-0.1, -0.05) is 12.1 Å². The van der Waals surface area contributed by atoms with Crippen molar-refractivity contribution in [2.45, 2.75) is 31.8 Å². The molecule has 1 saturated heterocycles. The molecule has 0 spiro atoms. The number of hydrogen-bond acceptors (Lipinski definition) is 3. The van der Waals surface area contributed by atoms with Crippen molar-refractivity contribution < 1.29 is 13.5 Å². The predicted molar refractivity (Wildman–Crippen MR) is 99.8 cm³/mol. The molecular formula is C20H26FN3O2. The van der Waals surface area contributed by atoms with Crippen LogP contribution in [-0.2, 0) is 17.6 Å². The summed E-state index contributed by atoms with van der Waals surface area (Å²) < 4.78 is 24.0. The van der Waals surface area contributed by atoms with Gasteiger partial charge in [-0.25, -0.2) is 4.39 Å². The number of rotatable bonds is 8. The molecule has 0 saturated carbocycles. The van der Waals surface area contributed by atoms with Gasteiger partial charge in [0, 0.05) is 26.1 Å². The number of nitrogens with zero attached hydrogens (tertiary/aromatic N) is 1. The van der Waals surface area contributed by atoms with Crippen molar-refractivity contribution in [3.05, 3.63) is 59.8 Å². The van der Waals surface area contributed by atoms with E-state index >= 15 is 0 Å². The van der Waals surface area contributed by atoms with Crippen LogP contribution >= 0.6 is 0 Å². The summed E-state index contributed by atoms with van der Waals surface area (Å²) in [6.07, 6.45) is 5.68. The van der Waals surface area contributed by atoms with E-state index in [2.05, 4.69) is 15.6 Å². The van der Waals surface area contributed by atoms with Crippen LogP contribution in [0, 0.1) is 5.82 Å². The Morgan fingerprint density at radius 1 is 1.12 bits per heavy atom. The summed E-state index contributed by atoms with van der Waals surface area (Å²) in [6, 6.07) is 10.5. The Bertz CT molecular complexity index is 665. The lowest BCUT2D eigenvalue weighted by molar-refractivity contribution is 0.117. The van der Waals surface area contributed by atoms with Crippen LogP contribution in [0.5, 0.6) is 0 Å². The molecule has 1 fully saturated rings. The lowest BCUT2D eigenvalue weighted by atomic mass is 10.1. The van der Waals surface area contributed by atoms with Crippen LogP contribution in [0.2, 0.25) is 0 Å². The second-order valence-corrected chi connectivity index (χ2v) is 6.38. The van der Waals surface area contributed by atoms with Crippen molar-refractivity contribution in [1.29, 1.82) is 0 Å². The van der Waals surface area contributed by atoms with Gasteiger partial charge in [0.2, 0.25) is 0 Å². The normalized spacial score (nSPS) is 17.4. The zero-order chi connectivity index (χ0) is 18.0. The Morgan fingerprint density at radius 3 is 2.62 bits per heavy atom. The quantitative estimate of drug-likeness (QED) is 0.562. The van der Waals surface area contributed by atoms with Crippen LogP contribution in [0.15, 0.2) is 52.1 Å². The Morgan fingerprint density at radius 2 is 1.92 bits per heavy atom. The molecule has 1 aliphatic rings. The van der Waals surface area contributed by atoms with Gasteiger partial charge in [-0.15, -0.1) is 0 Å². The number of hydrogen-bond donors (Lipinski definition) is 2. The summed E-state index contributed by atoms with van der Waals surface area (Å²) >= 11 is 0. The molecule has 2 N–H and O–H groups in total. The standard InChI is InChI=1S/C20H26FN3O2/c21-17-7-5-16(6-8-17)9-11-22-20(24-15-19-4-2-14-26-19)23-12-10-18-3-1-13-25-18/h1,3,5-8,13,19H,2,4,9-12,14-15H2,(H2,22,23,24). The van der Waals surface area contributed by atoms with Gasteiger partial charge in [0.15, 0.2) is 5.96 Å². The summed E-state index contributed by atoms with van der Waals surface area (Å²) in [6.45, 7) is 2.96. The molecule has 0 radical (unpaired) electrons. The number of furan rings is 1. The van der Waals surface area contributed by atoms with Crippen LogP contribution in [-0.4, -0.2) is 38.3 Å². The highest BCUT2D eigenvalue weighted by molar-refractivity contribution is 5.79. The summed E-state index contributed by atoms with van der Waals surface area (Å²) in [7, 11) is 0. The average molecular weight is 359 g/mol. The predicted octanol–water partition coefficient (Wildman–Crippen LogP) is 2.92. The van der Waals surface area contributed by atoms with Crippen molar-refractivity contribution in [2.24, 2.45) is 4.99 Å². The van der Waals surface area contributed by atoms with E-state index < -0.39 is 0 Å². The van der Waals surface area contributed by atoms with Crippen molar-refractivity contribution in [1.82, 2.24) is 10.6 Å². The van der Waals surface area contributed by atoms with E-state index in [-0.39, 0.29) is 11.9 Å². The minimum absolute atomic E-state index is 0.208. The first kappa shape index (κ1) is 18.5. The summed E-state index contributed by atoms with van der Waals surface area (Å²) in [5.74, 6) is 1.51. The van der Waals surface area contributed by atoms with Crippen molar-refractivity contribution in [3.8, 4) is 0 Å². The van der Waals surface area contributed by atoms with Gasteiger partial charge < -0.3 is 19.8 Å². The molecule has 2 aromatic rings. The van der Waals surface area contributed by atoms with Gasteiger partial charge in [0.25, 0.3) is 0 Å². The summed E-state index contributed by atoms with van der Waals surface area (Å²) in [5, 5.41) is 6.69. The Kier molecular flexibility index (Phi) is 7.07. The minimum atomic E-state index is -0.208. The first-order valence-electron chi connectivity index (χ1n) is 9.20. The second kappa shape index (κ2) is 9.97. The van der Waals surface area contributed by atoms with Gasteiger partial charge in [-0.05, 0) is 49.1 Å². The van der Waals surface area contributed by atoms with E-state index in [1.54, 1.807) is 6.26 Å². The van der Waals surface area contributed by atoms with Crippen LogP contribution < -0.4 is 10.6 Å². The first-order valence-corrected chi connectivity index (χ1v) is 9.20. The molecule has 0 amide bonds. The number of benzene rings is 1. The molecule has 0 bridgehead atoms. The van der Waals surface area contributed by atoms with Gasteiger partial charge in [-0.2, -0.15) is 0 Å². The van der Waals surface area contributed by atoms with Gasteiger partial charge in [0.1, 0.15) is 11.6 Å². The maximum absolute atomic E-state index is 13.0. The third kappa shape index (κ3) is 6.19. The lowest BCUT2D eigenvalue weighted by Crippen LogP contribution is -2.40. The molecule has 1 atom stereocenters. The van der Waals surface area contributed by atoms with E-state index in [1.165, 1.54) is 12.1 Å². The zero-order valence-electron chi connectivity index (χ0n) is 14.9. The number of halogens is 1. The number of aliphatic imine (C=N–C) groups is 1. The fourth-order valence-electron chi connectivity index (χ4n) is 2.89. The molecular weight excluding hydrogens is 333 g/mol. The highest BCUT2D eigenvalue weighted by Crippen LogP contribution is 2.11. The molecule has 1 unspecified atom stereocenters. The molecule has 2 heterocycles. The maximum Gasteiger partial charge on any atom is 0.191 e. The molecule has 6 heteroatoms. The highest BCUT2D eigenvalue weighted by Gasteiger charge is 2.14. The molecule has 1 aromatic heterocycles. The fraction of sp³-hybridized carbons (Fsp3) is 0.450. The Hall–Kier alpha value is -2.34. The number of ether oxygens (including phenoxy) is 1. The average Bonchev–Trinajstić information content (AvgIpc) is 3.35. The molecule has 3 rings (SSSR count). The van der Waals surface area contributed by atoms with Gasteiger partial charge in [0.05, 0.1) is 18.9 Å². The number of nitrogens with one attached hydrogen (secondary N) is 2. The molecule has 5 nitrogen and oxygen atoms in total. The Labute approximate surface area is 153 Å². The second-order valence-electron chi connectivity index (χ2n) is 6.38. The van der Waals surface area contributed by atoms with Crippen molar-refractivity contribution in [3.63, 3.8) is 0 Å². The van der Waals surface area contributed by atoms with Crippen LogP contribution in [0.25, 0.3) is 0 Å². The topological polar surface area (TPSA) is 58.8 Å². The first-order chi connectivity index (χ1) is 12.8. The maximum atomic E-state index is 13.0. The monoisotopic (exact) mass is 359 g/mol. The lowest BCUT2D eigenvalue weighted by Gasteiger charge is -2.14.